The lowest BCUT2D eigenvalue weighted by Crippen LogP contribution is -2.39. The first kappa shape index (κ1) is 18.6. The number of alkyl halides is 1. The van der Waals surface area contributed by atoms with Crippen LogP contribution in [0.2, 0.25) is 0 Å². The van der Waals surface area contributed by atoms with Crippen molar-refractivity contribution in [2.75, 3.05) is 5.88 Å². The third kappa shape index (κ3) is 2.53. The van der Waals surface area contributed by atoms with Gasteiger partial charge < -0.3 is 4.57 Å². The fourth-order valence-corrected chi connectivity index (χ4v) is 3.93. The van der Waals surface area contributed by atoms with E-state index >= 15 is 0 Å². The van der Waals surface area contributed by atoms with Gasteiger partial charge in [0.2, 0.25) is 5.78 Å². The molecule has 0 radical (unpaired) electrons. The van der Waals surface area contributed by atoms with Crippen molar-refractivity contribution in [3.63, 3.8) is 0 Å². The molecule has 146 valence electrons. The molecule has 0 unspecified atom stereocenters. The summed E-state index contributed by atoms with van der Waals surface area (Å²) in [5.74, 6) is 1.07. The lowest BCUT2D eigenvalue weighted by Gasteiger charge is -2.10. The predicted molar refractivity (Wildman–Crippen MR) is 111 cm³/mol. The van der Waals surface area contributed by atoms with Crippen molar-refractivity contribution >= 4 is 28.5 Å². The second-order valence-corrected chi connectivity index (χ2v) is 7.47. The largest absolute Gasteiger partial charge is 0.332 e. The molecule has 4 aromatic rings. The van der Waals surface area contributed by atoms with E-state index in [1.165, 1.54) is 9.13 Å². The van der Waals surface area contributed by atoms with Crippen LogP contribution in [0.15, 0.2) is 33.9 Å². The van der Waals surface area contributed by atoms with Crippen LogP contribution in [0, 0.1) is 20.8 Å². The number of hydrogen-bond acceptors (Lipinski definition) is 3. The average molecular weight is 400 g/mol. The number of benzene rings is 1. The van der Waals surface area contributed by atoms with Crippen molar-refractivity contribution in [3.8, 4) is 0 Å². The maximum Gasteiger partial charge on any atom is 0.332 e. The van der Waals surface area contributed by atoms with Crippen LogP contribution in [0.1, 0.15) is 22.5 Å². The summed E-state index contributed by atoms with van der Waals surface area (Å²) in [5.41, 5.74) is 3.99. The van der Waals surface area contributed by atoms with Gasteiger partial charge in [0, 0.05) is 30.9 Å². The summed E-state index contributed by atoms with van der Waals surface area (Å²) in [5, 5.41) is 0. The van der Waals surface area contributed by atoms with Crippen LogP contribution in [0.25, 0.3) is 16.9 Å². The van der Waals surface area contributed by atoms with Crippen LogP contribution in [-0.2, 0) is 20.1 Å². The smallest absolute Gasteiger partial charge is 0.313 e. The van der Waals surface area contributed by atoms with Crippen LogP contribution in [0.4, 0.5) is 0 Å². The first-order chi connectivity index (χ1) is 13.4. The van der Waals surface area contributed by atoms with Gasteiger partial charge in [-0.15, -0.1) is 11.6 Å². The SMILES string of the molecule is Cc1ccccc1Cn1c(=O)c2c(nc3n(CCCl)c(C)c(C)n23)n(C)c1=O. The molecule has 0 aliphatic heterocycles. The van der Waals surface area contributed by atoms with Crippen LogP contribution in [0.5, 0.6) is 0 Å². The van der Waals surface area contributed by atoms with Crippen LogP contribution >= 0.6 is 11.6 Å². The molecule has 0 saturated carbocycles. The normalized spacial score (nSPS) is 11.8. The Morgan fingerprint density at radius 2 is 1.75 bits per heavy atom. The van der Waals surface area contributed by atoms with Gasteiger partial charge in [0.1, 0.15) is 0 Å². The predicted octanol–water partition coefficient (Wildman–Crippen LogP) is 2.36. The number of aromatic nitrogens is 5. The van der Waals surface area contributed by atoms with E-state index in [0.717, 1.165) is 22.5 Å². The number of rotatable bonds is 4. The summed E-state index contributed by atoms with van der Waals surface area (Å²) >= 11 is 5.96. The van der Waals surface area contributed by atoms with Gasteiger partial charge in [-0.2, -0.15) is 4.98 Å². The third-order valence-electron chi connectivity index (χ3n) is 5.53. The van der Waals surface area contributed by atoms with Crippen LogP contribution in [0.3, 0.4) is 0 Å². The number of hydrogen-bond donors (Lipinski definition) is 0. The molecular weight excluding hydrogens is 378 g/mol. The molecule has 0 aliphatic carbocycles. The zero-order valence-corrected chi connectivity index (χ0v) is 17.1. The summed E-state index contributed by atoms with van der Waals surface area (Å²) in [6.07, 6.45) is 0. The van der Waals surface area contributed by atoms with Gasteiger partial charge >= 0.3 is 5.69 Å². The Morgan fingerprint density at radius 3 is 2.43 bits per heavy atom. The number of halogens is 1. The highest BCUT2D eigenvalue weighted by Gasteiger charge is 2.22. The van der Waals surface area contributed by atoms with Crippen molar-refractivity contribution in [1.29, 1.82) is 0 Å². The highest BCUT2D eigenvalue weighted by molar-refractivity contribution is 6.17. The number of nitrogens with zero attached hydrogens (tertiary/aromatic N) is 5. The van der Waals surface area contributed by atoms with Crippen molar-refractivity contribution in [2.24, 2.45) is 7.05 Å². The van der Waals surface area contributed by atoms with Crippen molar-refractivity contribution in [1.82, 2.24) is 23.1 Å². The standard InChI is InChI=1S/C20H22ClN5O2/c1-12-7-5-6-8-15(12)11-25-18(27)16-17(23(4)20(25)28)22-19-24(10-9-21)13(2)14(3)26(16)19/h5-8H,9-11H2,1-4H3. The lowest BCUT2D eigenvalue weighted by molar-refractivity contribution is 0.654. The second-order valence-electron chi connectivity index (χ2n) is 7.09. The summed E-state index contributed by atoms with van der Waals surface area (Å²) in [7, 11) is 1.65. The van der Waals surface area contributed by atoms with E-state index in [9.17, 15) is 9.59 Å². The number of fused-ring (bicyclic) bond motifs is 3. The Labute approximate surface area is 166 Å². The average Bonchev–Trinajstić information content (AvgIpc) is 3.17. The zero-order chi connectivity index (χ0) is 20.2. The van der Waals surface area contributed by atoms with E-state index in [0.29, 0.717) is 29.4 Å². The van der Waals surface area contributed by atoms with Gasteiger partial charge in [0.25, 0.3) is 5.56 Å². The molecule has 1 aromatic carbocycles. The minimum Gasteiger partial charge on any atom is -0.313 e. The summed E-state index contributed by atoms with van der Waals surface area (Å²) in [6.45, 7) is 6.71. The molecule has 8 heteroatoms. The summed E-state index contributed by atoms with van der Waals surface area (Å²) < 4.78 is 6.56. The van der Waals surface area contributed by atoms with E-state index in [-0.39, 0.29) is 17.8 Å². The maximum absolute atomic E-state index is 13.4. The monoisotopic (exact) mass is 399 g/mol. The van der Waals surface area contributed by atoms with Crippen molar-refractivity contribution in [3.05, 3.63) is 67.6 Å². The Hall–Kier alpha value is -2.80. The van der Waals surface area contributed by atoms with E-state index in [1.54, 1.807) is 7.05 Å². The molecule has 4 rings (SSSR count). The Balaban J connectivity index is 2.08. The van der Waals surface area contributed by atoms with E-state index in [4.69, 9.17) is 11.6 Å². The van der Waals surface area contributed by atoms with Gasteiger partial charge in [0.15, 0.2) is 11.2 Å². The molecule has 0 amide bonds. The van der Waals surface area contributed by atoms with Gasteiger partial charge in [-0.3, -0.25) is 18.3 Å². The van der Waals surface area contributed by atoms with E-state index < -0.39 is 0 Å². The Morgan fingerprint density at radius 1 is 1.04 bits per heavy atom. The van der Waals surface area contributed by atoms with E-state index in [2.05, 4.69) is 4.98 Å². The third-order valence-corrected chi connectivity index (χ3v) is 5.70. The zero-order valence-electron chi connectivity index (χ0n) is 16.4. The maximum atomic E-state index is 13.4. The topological polar surface area (TPSA) is 66.2 Å². The van der Waals surface area contributed by atoms with E-state index in [1.807, 2.05) is 54.0 Å². The molecule has 0 saturated heterocycles. The molecule has 0 atom stereocenters. The van der Waals surface area contributed by atoms with Crippen LogP contribution < -0.4 is 11.2 Å². The molecule has 7 nitrogen and oxygen atoms in total. The second kappa shape index (κ2) is 6.67. The van der Waals surface area contributed by atoms with Gasteiger partial charge in [-0.1, -0.05) is 24.3 Å². The first-order valence-electron chi connectivity index (χ1n) is 9.15. The molecule has 0 aliphatic rings. The molecule has 0 bridgehead atoms. The molecule has 3 heterocycles. The minimum atomic E-state index is -0.375. The summed E-state index contributed by atoms with van der Waals surface area (Å²) in [4.78, 5) is 30.9. The molecule has 28 heavy (non-hydrogen) atoms. The fourth-order valence-electron chi connectivity index (χ4n) is 3.76. The fraction of sp³-hybridized carbons (Fsp3) is 0.350. The first-order valence-corrected chi connectivity index (χ1v) is 9.68. The molecular formula is C20H22ClN5O2. The quantitative estimate of drug-likeness (QED) is 0.495. The molecule has 0 spiro atoms. The van der Waals surface area contributed by atoms with Gasteiger partial charge in [-0.25, -0.2) is 4.79 Å². The highest BCUT2D eigenvalue weighted by Crippen LogP contribution is 2.20. The number of imidazole rings is 2. The summed E-state index contributed by atoms with van der Waals surface area (Å²) in [6, 6.07) is 7.76. The lowest BCUT2D eigenvalue weighted by atomic mass is 10.1. The molecule has 3 aromatic heterocycles. The van der Waals surface area contributed by atoms with Gasteiger partial charge in [0.05, 0.1) is 6.54 Å². The highest BCUT2D eigenvalue weighted by atomic mass is 35.5. The van der Waals surface area contributed by atoms with Gasteiger partial charge in [-0.05, 0) is 31.9 Å². The molecule has 0 N–H and O–H groups in total. The Bertz CT molecular complexity index is 1340. The molecule has 0 fully saturated rings. The van der Waals surface area contributed by atoms with Crippen molar-refractivity contribution < 1.29 is 0 Å². The number of aryl methyl sites for hydroxylation is 4. The van der Waals surface area contributed by atoms with Crippen LogP contribution in [-0.4, -0.2) is 29.0 Å². The van der Waals surface area contributed by atoms with Crippen molar-refractivity contribution in [2.45, 2.75) is 33.9 Å². The Kier molecular flexibility index (Phi) is 4.42. The minimum absolute atomic E-state index is 0.224.